The number of nitrogens with one attached hydrogen (secondary N) is 1. The molecule has 5 rings (SSSR count). The number of hydrogen-bond donors (Lipinski definition) is 1. The molecule has 2 aliphatic rings. The highest BCUT2D eigenvalue weighted by Crippen LogP contribution is 2.28. The summed E-state index contributed by atoms with van der Waals surface area (Å²) in [5.74, 6) is 0.368. The smallest absolute Gasteiger partial charge is 0.278 e. The number of benzene rings is 2. The molecule has 3 aromatic rings. The van der Waals surface area contributed by atoms with Crippen LogP contribution in [0.4, 0.5) is 21.6 Å². The van der Waals surface area contributed by atoms with E-state index in [1.165, 1.54) is 11.6 Å². The molecule has 1 N–H and O–H groups in total. The maximum absolute atomic E-state index is 14.0. The lowest BCUT2D eigenvalue weighted by molar-refractivity contribution is 0.0983. The molecule has 170 valence electrons. The Morgan fingerprint density at radius 1 is 0.879 bits per heavy atom. The monoisotopic (exact) mass is 446 g/mol. The molecule has 0 bridgehead atoms. The van der Waals surface area contributed by atoms with Crippen molar-refractivity contribution in [2.24, 2.45) is 0 Å². The molecule has 0 radical (unpaired) electrons. The number of fused-ring (bicyclic) bond motifs is 1. The van der Waals surface area contributed by atoms with E-state index in [9.17, 15) is 9.18 Å². The summed E-state index contributed by atoms with van der Waals surface area (Å²) < 4.78 is 14.0. The summed E-state index contributed by atoms with van der Waals surface area (Å²) in [5.41, 5.74) is 3.17. The Morgan fingerprint density at radius 2 is 1.64 bits per heavy atom. The number of carbonyl (C=O) groups excluding carboxylic acids is 1. The number of nitrogens with zero attached hydrogens (tertiary/aromatic N) is 5. The van der Waals surface area contributed by atoms with E-state index in [1.807, 2.05) is 30.3 Å². The van der Waals surface area contributed by atoms with Gasteiger partial charge in [-0.3, -0.25) is 9.69 Å². The highest BCUT2D eigenvalue weighted by Gasteiger charge is 2.26. The fourth-order valence-electron chi connectivity index (χ4n) is 4.49. The molecule has 7 nitrogen and oxygen atoms in total. The summed E-state index contributed by atoms with van der Waals surface area (Å²) in [6.07, 6.45) is 0.865. The van der Waals surface area contributed by atoms with E-state index < -0.39 is 0 Å². The van der Waals surface area contributed by atoms with Gasteiger partial charge in [-0.2, -0.15) is 0 Å². The number of halogens is 1. The lowest BCUT2D eigenvalue weighted by Crippen LogP contribution is -2.47. The first-order valence-corrected chi connectivity index (χ1v) is 11.4. The molecule has 0 spiro atoms. The van der Waals surface area contributed by atoms with Crippen LogP contribution < -0.4 is 15.1 Å². The Morgan fingerprint density at radius 3 is 2.39 bits per heavy atom. The maximum atomic E-state index is 14.0. The van der Waals surface area contributed by atoms with E-state index >= 15 is 0 Å². The number of hydrogen-bond acceptors (Lipinski definition) is 6. The number of rotatable bonds is 6. The molecule has 0 unspecified atom stereocenters. The van der Waals surface area contributed by atoms with E-state index in [1.54, 1.807) is 23.1 Å². The topological polar surface area (TPSA) is 64.6 Å². The molecule has 1 amide bonds. The molecule has 8 heteroatoms. The molecule has 3 heterocycles. The number of amides is 1. The second kappa shape index (κ2) is 9.54. The Labute approximate surface area is 192 Å². The molecule has 0 aliphatic carbocycles. The van der Waals surface area contributed by atoms with Crippen LogP contribution in [-0.2, 0) is 6.42 Å². The van der Waals surface area contributed by atoms with Gasteiger partial charge in [-0.1, -0.05) is 30.3 Å². The van der Waals surface area contributed by atoms with Crippen molar-refractivity contribution in [2.75, 3.05) is 60.9 Å². The van der Waals surface area contributed by atoms with Gasteiger partial charge in [-0.25, -0.2) is 4.39 Å². The molecule has 1 aromatic heterocycles. The van der Waals surface area contributed by atoms with Gasteiger partial charge in [0.1, 0.15) is 11.6 Å². The lowest BCUT2D eigenvalue weighted by atomic mass is 10.2. The largest absolute Gasteiger partial charge is 0.367 e. The van der Waals surface area contributed by atoms with Crippen LogP contribution in [0.1, 0.15) is 16.1 Å². The molecule has 1 fully saturated rings. The van der Waals surface area contributed by atoms with Crippen LogP contribution in [0.25, 0.3) is 0 Å². The van der Waals surface area contributed by atoms with Gasteiger partial charge < -0.3 is 15.1 Å². The van der Waals surface area contributed by atoms with Gasteiger partial charge in [0.2, 0.25) is 0 Å². The van der Waals surface area contributed by atoms with Crippen LogP contribution in [0, 0.1) is 5.82 Å². The van der Waals surface area contributed by atoms with Gasteiger partial charge in [0, 0.05) is 51.5 Å². The standard InChI is InChI=1S/C25H27FN6O/c26-20-6-2-4-8-23(20)31-17-15-30(16-18-31)14-12-27-24-10-9-21(28-29-24)25(33)32-13-11-19-5-1-3-7-22(19)32/h1-10H,11-18H2,(H,27,29). The number of aromatic nitrogens is 2. The summed E-state index contributed by atoms with van der Waals surface area (Å²) in [5, 5.41) is 11.6. The van der Waals surface area contributed by atoms with Crippen LogP contribution in [0.15, 0.2) is 60.7 Å². The normalized spacial score (nSPS) is 16.0. The third kappa shape index (κ3) is 4.66. The first kappa shape index (κ1) is 21.3. The Balaban J connectivity index is 1.09. The predicted octanol–water partition coefficient (Wildman–Crippen LogP) is 3.05. The minimum atomic E-state index is -0.165. The van der Waals surface area contributed by atoms with Crippen LogP contribution in [0.2, 0.25) is 0 Å². The van der Waals surface area contributed by atoms with Crippen LogP contribution in [0.5, 0.6) is 0 Å². The lowest BCUT2D eigenvalue weighted by Gasteiger charge is -2.36. The molecular formula is C25H27FN6O. The van der Waals surface area contributed by atoms with Crippen molar-refractivity contribution in [2.45, 2.75) is 6.42 Å². The average molecular weight is 447 g/mol. The summed E-state index contributed by atoms with van der Waals surface area (Å²) in [6.45, 7) is 5.62. The minimum Gasteiger partial charge on any atom is -0.367 e. The van der Waals surface area contributed by atoms with Crippen molar-refractivity contribution < 1.29 is 9.18 Å². The molecule has 2 aromatic carbocycles. The fourth-order valence-corrected chi connectivity index (χ4v) is 4.49. The van der Waals surface area contributed by atoms with Crippen molar-refractivity contribution in [1.29, 1.82) is 0 Å². The quantitative estimate of drug-likeness (QED) is 0.628. The van der Waals surface area contributed by atoms with Gasteiger partial charge in [0.15, 0.2) is 5.69 Å². The molecule has 1 saturated heterocycles. The van der Waals surface area contributed by atoms with Crippen molar-refractivity contribution in [1.82, 2.24) is 15.1 Å². The van der Waals surface area contributed by atoms with E-state index in [4.69, 9.17) is 0 Å². The zero-order valence-corrected chi connectivity index (χ0v) is 18.5. The molecule has 2 aliphatic heterocycles. The summed E-state index contributed by atoms with van der Waals surface area (Å²) in [6, 6.07) is 18.4. The summed E-state index contributed by atoms with van der Waals surface area (Å²) in [7, 11) is 0. The number of carbonyl (C=O) groups is 1. The number of anilines is 3. The summed E-state index contributed by atoms with van der Waals surface area (Å²) in [4.78, 5) is 19.1. The van der Waals surface area contributed by atoms with E-state index in [2.05, 4.69) is 31.4 Å². The van der Waals surface area contributed by atoms with Gasteiger partial charge in [-0.05, 0) is 42.3 Å². The second-order valence-corrected chi connectivity index (χ2v) is 8.35. The molecule has 33 heavy (non-hydrogen) atoms. The minimum absolute atomic E-state index is 0.119. The van der Waals surface area contributed by atoms with Gasteiger partial charge >= 0.3 is 0 Å². The molecule has 0 saturated carbocycles. The van der Waals surface area contributed by atoms with Gasteiger partial charge in [0.05, 0.1) is 5.69 Å². The Kier molecular flexibility index (Phi) is 6.17. The van der Waals surface area contributed by atoms with Crippen LogP contribution in [0.3, 0.4) is 0 Å². The van der Waals surface area contributed by atoms with E-state index in [-0.39, 0.29) is 11.7 Å². The van der Waals surface area contributed by atoms with Crippen LogP contribution in [-0.4, -0.2) is 66.8 Å². The van der Waals surface area contributed by atoms with Crippen molar-refractivity contribution >= 4 is 23.1 Å². The van der Waals surface area contributed by atoms with Crippen molar-refractivity contribution in [3.05, 3.63) is 77.7 Å². The van der Waals surface area contributed by atoms with Crippen LogP contribution >= 0.6 is 0 Å². The van der Waals surface area contributed by atoms with E-state index in [0.29, 0.717) is 23.7 Å². The third-order valence-electron chi connectivity index (χ3n) is 6.32. The molecular weight excluding hydrogens is 419 g/mol. The highest BCUT2D eigenvalue weighted by molar-refractivity contribution is 6.06. The SMILES string of the molecule is O=C(c1ccc(NCCN2CCN(c3ccccc3F)CC2)nn1)N1CCc2ccccc21. The maximum Gasteiger partial charge on any atom is 0.278 e. The van der Waals surface area contributed by atoms with Gasteiger partial charge in [0.25, 0.3) is 5.91 Å². The van der Waals surface area contributed by atoms with E-state index in [0.717, 1.165) is 51.4 Å². The van der Waals surface area contributed by atoms with Crippen molar-refractivity contribution in [3.8, 4) is 0 Å². The first-order chi connectivity index (χ1) is 16.2. The second-order valence-electron chi connectivity index (χ2n) is 8.35. The summed E-state index contributed by atoms with van der Waals surface area (Å²) >= 11 is 0. The zero-order chi connectivity index (χ0) is 22.6. The average Bonchev–Trinajstić information content (AvgIpc) is 3.29. The number of para-hydroxylation sites is 2. The number of piperazine rings is 1. The Hall–Kier alpha value is -3.52. The Bertz CT molecular complexity index is 1110. The third-order valence-corrected chi connectivity index (χ3v) is 6.32. The predicted molar refractivity (Wildman–Crippen MR) is 127 cm³/mol. The fraction of sp³-hybridized carbons (Fsp3) is 0.320. The highest BCUT2D eigenvalue weighted by atomic mass is 19.1. The van der Waals surface area contributed by atoms with Crippen molar-refractivity contribution in [3.63, 3.8) is 0 Å². The van der Waals surface area contributed by atoms with Gasteiger partial charge in [-0.15, -0.1) is 10.2 Å². The first-order valence-electron chi connectivity index (χ1n) is 11.4. The molecule has 0 atom stereocenters. The zero-order valence-electron chi connectivity index (χ0n) is 18.5.